The van der Waals surface area contributed by atoms with Crippen LogP contribution >= 0.6 is 0 Å². The van der Waals surface area contributed by atoms with Crippen molar-refractivity contribution in [2.75, 3.05) is 0 Å². The van der Waals surface area contributed by atoms with E-state index >= 15 is 0 Å². The maximum absolute atomic E-state index is 13.9. The highest BCUT2D eigenvalue weighted by atomic mass is 28.4. The molecule has 4 fully saturated rings. The van der Waals surface area contributed by atoms with Crippen LogP contribution in [0.15, 0.2) is 0 Å². The lowest BCUT2D eigenvalue weighted by Crippen LogP contribution is -2.58. The van der Waals surface area contributed by atoms with Crippen LogP contribution in [0.1, 0.15) is 72.1 Å². The van der Waals surface area contributed by atoms with E-state index in [-0.39, 0.29) is 16.9 Å². The minimum atomic E-state index is -1.58. The molecule has 4 aliphatic rings. The van der Waals surface area contributed by atoms with E-state index in [4.69, 9.17) is 8.85 Å². The van der Waals surface area contributed by atoms with E-state index in [0.29, 0.717) is 41.5 Å². The molecule has 4 rings (SSSR count). The minimum Gasteiger partial charge on any atom is -0.415 e. The number of ketones is 1. The molecule has 0 radical (unpaired) electrons. The third-order valence-electron chi connectivity index (χ3n) is 10.0. The summed E-state index contributed by atoms with van der Waals surface area (Å²) >= 11 is 0. The van der Waals surface area contributed by atoms with Crippen LogP contribution in [0.3, 0.4) is 0 Å². The van der Waals surface area contributed by atoms with Crippen molar-refractivity contribution < 1.29 is 13.6 Å². The highest BCUT2D eigenvalue weighted by molar-refractivity contribution is 6.70. The van der Waals surface area contributed by atoms with Crippen LogP contribution in [0.4, 0.5) is 0 Å². The quantitative estimate of drug-likeness (QED) is 0.389. The molecule has 0 spiro atoms. The van der Waals surface area contributed by atoms with E-state index in [1.54, 1.807) is 0 Å². The largest absolute Gasteiger partial charge is 0.415 e. The number of fused-ring (bicyclic) bond motifs is 5. The van der Waals surface area contributed by atoms with Crippen molar-refractivity contribution in [2.45, 2.75) is 124 Å². The zero-order valence-electron chi connectivity index (χ0n) is 22.4. The van der Waals surface area contributed by atoms with Crippen molar-refractivity contribution >= 4 is 22.4 Å². The molecule has 4 saturated carbocycles. The van der Waals surface area contributed by atoms with E-state index in [9.17, 15) is 4.79 Å². The minimum absolute atomic E-state index is 0.138. The molecule has 0 aromatic carbocycles. The summed E-state index contributed by atoms with van der Waals surface area (Å²) in [6.07, 6.45) is 10.1. The molecule has 0 aromatic heterocycles. The molecule has 4 aliphatic carbocycles. The highest BCUT2D eigenvalue weighted by Gasteiger charge is 2.64. The zero-order valence-corrected chi connectivity index (χ0v) is 24.4. The van der Waals surface area contributed by atoms with Gasteiger partial charge in [0.2, 0.25) is 0 Å². The average Bonchev–Trinajstić information content (AvgIpc) is 2.95. The van der Waals surface area contributed by atoms with Gasteiger partial charge in [-0.25, -0.2) is 0 Å². The summed E-state index contributed by atoms with van der Waals surface area (Å²) in [7, 11) is -3.09. The molecule has 32 heavy (non-hydrogen) atoms. The average molecular weight is 479 g/mol. The van der Waals surface area contributed by atoms with Gasteiger partial charge >= 0.3 is 0 Å². The van der Waals surface area contributed by atoms with Crippen LogP contribution in [-0.2, 0) is 13.6 Å². The number of hydrogen-bond donors (Lipinski definition) is 0. The molecule has 9 atom stereocenters. The van der Waals surface area contributed by atoms with Crippen molar-refractivity contribution in [3.63, 3.8) is 0 Å². The first-order valence-electron chi connectivity index (χ1n) is 13.5. The third-order valence-corrected chi connectivity index (χ3v) is 12.1. The Bertz CT molecular complexity index is 725. The summed E-state index contributed by atoms with van der Waals surface area (Å²) in [5.41, 5.74) is 0.331. The molecule has 3 nitrogen and oxygen atoms in total. The van der Waals surface area contributed by atoms with Crippen LogP contribution in [0, 0.1) is 40.4 Å². The van der Waals surface area contributed by atoms with Gasteiger partial charge in [-0.15, -0.1) is 0 Å². The van der Waals surface area contributed by atoms with Gasteiger partial charge in [-0.2, -0.15) is 0 Å². The Hall–Kier alpha value is 0.0238. The summed E-state index contributed by atoms with van der Waals surface area (Å²) in [6, 6.07) is 0. The maximum Gasteiger partial charge on any atom is 0.184 e. The molecule has 0 bridgehead atoms. The molecule has 5 heteroatoms. The second kappa shape index (κ2) is 8.31. The predicted octanol–water partition coefficient (Wildman–Crippen LogP) is 7.28. The van der Waals surface area contributed by atoms with Gasteiger partial charge in [0.05, 0.1) is 0 Å². The lowest BCUT2D eigenvalue weighted by atomic mass is 9.44. The Morgan fingerprint density at radius 3 is 2.22 bits per heavy atom. The number of rotatable bonds is 5. The Morgan fingerprint density at radius 1 is 0.906 bits per heavy atom. The van der Waals surface area contributed by atoms with Crippen molar-refractivity contribution in [3.05, 3.63) is 0 Å². The standard InChI is InChI=1S/C27H50O3Si2/c1-18(29-31(4,5)6)22-12-13-23-21-11-10-19-16-20(30-32(7,8)9)14-15-26(19,2)25(21)24(28)17-27(22,23)3/h18-23,25H,10-17H2,1-9H3. The lowest BCUT2D eigenvalue weighted by molar-refractivity contribution is -0.162. The molecule has 0 heterocycles. The summed E-state index contributed by atoms with van der Waals surface area (Å²) in [6.45, 7) is 21.1. The van der Waals surface area contributed by atoms with E-state index in [1.807, 2.05) is 0 Å². The normalized spacial score (nSPS) is 45.7. The highest BCUT2D eigenvalue weighted by Crippen LogP contribution is 2.67. The smallest absolute Gasteiger partial charge is 0.184 e. The van der Waals surface area contributed by atoms with Gasteiger partial charge in [0.1, 0.15) is 5.78 Å². The van der Waals surface area contributed by atoms with Gasteiger partial charge < -0.3 is 8.85 Å². The molecule has 184 valence electrons. The monoisotopic (exact) mass is 478 g/mol. The Morgan fingerprint density at radius 2 is 1.59 bits per heavy atom. The van der Waals surface area contributed by atoms with Crippen molar-refractivity contribution in [1.29, 1.82) is 0 Å². The fraction of sp³-hybridized carbons (Fsp3) is 0.963. The van der Waals surface area contributed by atoms with Crippen LogP contribution < -0.4 is 0 Å². The number of Topliss-reactive ketones (excluding diaryl/α,β-unsaturated/α-hetero) is 1. The molecular weight excluding hydrogens is 428 g/mol. The summed E-state index contributed by atoms with van der Waals surface area (Å²) < 4.78 is 13.1. The second-order valence-electron chi connectivity index (χ2n) is 14.4. The van der Waals surface area contributed by atoms with Crippen LogP contribution in [0.5, 0.6) is 0 Å². The van der Waals surface area contributed by atoms with Crippen molar-refractivity contribution in [1.82, 2.24) is 0 Å². The first kappa shape index (κ1) is 25.1. The Balaban J connectivity index is 1.53. The molecule has 9 unspecified atom stereocenters. The molecule has 0 amide bonds. The number of carbonyl (C=O) groups excluding carboxylic acids is 1. The molecule has 0 N–H and O–H groups in total. The van der Waals surface area contributed by atoms with Gasteiger partial charge in [-0.05, 0) is 126 Å². The Labute approximate surface area is 200 Å². The van der Waals surface area contributed by atoms with Gasteiger partial charge in [0.25, 0.3) is 0 Å². The fourth-order valence-corrected chi connectivity index (χ4v) is 11.6. The molecule has 0 aromatic rings. The van der Waals surface area contributed by atoms with Gasteiger partial charge in [0, 0.05) is 24.5 Å². The molecule has 0 aliphatic heterocycles. The van der Waals surface area contributed by atoms with E-state index in [2.05, 4.69) is 60.1 Å². The third kappa shape index (κ3) is 4.49. The van der Waals surface area contributed by atoms with E-state index < -0.39 is 16.6 Å². The van der Waals surface area contributed by atoms with Gasteiger partial charge in [0.15, 0.2) is 16.6 Å². The number of hydrogen-bond acceptors (Lipinski definition) is 3. The predicted molar refractivity (Wildman–Crippen MR) is 138 cm³/mol. The van der Waals surface area contributed by atoms with E-state index in [0.717, 1.165) is 12.8 Å². The SMILES string of the molecule is CC(O[Si](C)(C)C)C1CCC2C3CCC4CC(O[Si](C)(C)C)CCC4(C)C3C(=O)CC12C. The molecular formula is C27H50O3Si2. The lowest BCUT2D eigenvalue weighted by Gasteiger charge is -2.60. The second-order valence-corrected chi connectivity index (χ2v) is 23.3. The summed E-state index contributed by atoms with van der Waals surface area (Å²) in [5.74, 6) is 3.39. The molecule has 0 saturated heterocycles. The van der Waals surface area contributed by atoms with Crippen LogP contribution in [0.25, 0.3) is 0 Å². The van der Waals surface area contributed by atoms with Gasteiger partial charge in [-0.3, -0.25) is 4.79 Å². The van der Waals surface area contributed by atoms with Crippen molar-refractivity contribution in [3.8, 4) is 0 Å². The number of carbonyl (C=O) groups is 1. The fourth-order valence-electron chi connectivity index (χ4n) is 9.09. The topological polar surface area (TPSA) is 35.5 Å². The summed E-state index contributed by atoms with van der Waals surface area (Å²) in [5, 5.41) is 0. The van der Waals surface area contributed by atoms with Crippen molar-refractivity contribution in [2.24, 2.45) is 40.4 Å². The van der Waals surface area contributed by atoms with Gasteiger partial charge in [-0.1, -0.05) is 13.8 Å². The first-order valence-corrected chi connectivity index (χ1v) is 20.3. The maximum atomic E-state index is 13.9. The van der Waals surface area contributed by atoms with E-state index in [1.165, 1.54) is 38.5 Å². The summed E-state index contributed by atoms with van der Waals surface area (Å²) in [4.78, 5) is 13.9. The van der Waals surface area contributed by atoms with Crippen LogP contribution in [-0.4, -0.2) is 34.6 Å². The first-order chi connectivity index (χ1) is 14.6. The van der Waals surface area contributed by atoms with Crippen LogP contribution in [0.2, 0.25) is 39.3 Å². The Kier molecular flexibility index (Phi) is 6.52. The zero-order chi connectivity index (χ0) is 23.7.